The molecule has 0 aliphatic rings. The summed E-state index contributed by atoms with van der Waals surface area (Å²) in [5, 5.41) is 3.95. The molecule has 0 aliphatic heterocycles. The molecule has 0 aromatic carbocycles. The Morgan fingerprint density at radius 3 is 2.69 bits per heavy atom. The largest absolute Gasteiger partial charge is 0.234 e. The zero-order chi connectivity index (χ0) is 9.90. The molecule has 72 valence electrons. The molecule has 1 aromatic rings. The summed E-state index contributed by atoms with van der Waals surface area (Å²) in [6.07, 6.45) is 1.66. The van der Waals surface area contributed by atoms with Crippen molar-refractivity contribution < 1.29 is 4.21 Å². The van der Waals surface area contributed by atoms with Crippen LogP contribution in [0.3, 0.4) is 0 Å². The Bertz CT molecular complexity index is 309. The third kappa shape index (κ3) is 3.40. The minimum atomic E-state index is -1.15. The third-order valence-electron chi connectivity index (χ3n) is 1.36. The van der Waals surface area contributed by atoms with Crippen LogP contribution >= 0.6 is 11.3 Å². The standard InChI is InChI=1S/C9H13NOS2/c1-9(2,3)13(11)10-6-8-4-5-12-7-8/h4-7H,1-3H3/b10-6+/t13-/m1/s1. The topological polar surface area (TPSA) is 29.4 Å². The first-order valence-electron chi connectivity index (χ1n) is 3.98. The van der Waals surface area contributed by atoms with Crippen LogP contribution < -0.4 is 0 Å². The molecule has 1 aromatic heterocycles. The Kier molecular flexibility index (Phi) is 3.39. The number of hydrogen-bond donors (Lipinski definition) is 0. The molecule has 1 atom stereocenters. The average Bonchev–Trinajstić information content (AvgIpc) is 2.50. The molecule has 0 radical (unpaired) electrons. The summed E-state index contributed by atoms with van der Waals surface area (Å²) >= 11 is 1.61. The van der Waals surface area contributed by atoms with E-state index in [4.69, 9.17) is 0 Å². The molecule has 0 fully saturated rings. The van der Waals surface area contributed by atoms with Gasteiger partial charge in [0.15, 0.2) is 0 Å². The lowest BCUT2D eigenvalue weighted by molar-refractivity contribution is 0.651. The first-order valence-corrected chi connectivity index (χ1v) is 6.03. The lowest BCUT2D eigenvalue weighted by Crippen LogP contribution is -2.19. The second kappa shape index (κ2) is 4.15. The van der Waals surface area contributed by atoms with E-state index in [2.05, 4.69) is 4.40 Å². The number of nitrogens with zero attached hydrogens (tertiary/aromatic N) is 1. The Hall–Kier alpha value is -0.480. The van der Waals surface area contributed by atoms with Gasteiger partial charge in [0, 0.05) is 11.8 Å². The first-order chi connectivity index (χ1) is 6.00. The van der Waals surface area contributed by atoms with Crippen molar-refractivity contribution in [2.24, 2.45) is 4.40 Å². The van der Waals surface area contributed by atoms with Crippen LogP contribution in [0.2, 0.25) is 0 Å². The molecule has 1 rings (SSSR count). The number of thiophene rings is 1. The van der Waals surface area contributed by atoms with E-state index in [9.17, 15) is 4.21 Å². The van der Waals surface area contributed by atoms with Gasteiger partial charge >= 0.3 is 0 Å². The van der Waals surface area contributed by atoms with E-state index < -0.39 is 11.0 Å². The molecule has 2 nitrogen and oxygen atoms in total. The van der Waals surface area contributed by atoms with Crippen LogP contribution in [0.15, 0.2) is 21.2 Å². The average molecular weight is 215 g/mol. The zero-order valence-corrected chi connectivity index (χ0v) is 9.61. The Balaban J connectivity index is 2.65. The Morgan fingerprint density at radius 1 is 1.54 bits per heavy atom. The lowest BCUT2D eigenvalue weighted by Gasteiger charge is -2.12. The summed E-state index contributed by atoms with van der Waals surface area (Å²) in [7, 11) is -1.15. The summed E-state index contributed by atoms with van der Waals surface area (Å²) in [5.41, 5.74) is 1.02. The van der Waals surface area contributed by atoms with Gasteiger partial charge in [0.05, 0.1) is 4.75 Å². The van der Waals surface area contributed by atoms with Gasteiger partial charge < -0.3 is 0 Å². The summed E-state index contributed by atoms with van der Waals surface area (Å²) in [4.78, 5) is 0. The van der Waals surface area contributed by atoms with Gasteiger partial charge in [-0.05, 0) is 37.6 Å². The van der Waals surface area contributed by atoms with E-state index in [1.54, 1.807) is 17.6 Å². The highest BCUT2D eigenvalue weighted by Gasteiger charge is 2.17. The Morgan fingerprint density at radius 2 is 2.23 bits per heavy atom. The minimum Gasteiger partial charge on any atom is -0.234 e. The van der Waals surface area contributed by atoms with Crippen LogP contribution in [-0.2, 0) is 11.0 Å². The van der Waals surface area contributed by atoms with Crippen LogP contribution in [0.1, 0.15) is 26.3 Å². The van der Waals surface area contributed by atoms with Crippen molar-refractivity contribution in [3.63, 3.8) is 0 Å². The van der Waals surface area contributed by atoms with Crippen molar-refractivity contribution >= 4 is 28.5 Å². The molecule has 0 N–H and O–H groups in total. The molecular formula is C9H13NOS2. The SMILES string of the molecule is CC(C)(C)[S@@](=O)/N=C/c1ccsc1. The van der Waals surface area contributed by atoms with Crippen LogP contribution in [0.25, 0.3) is 0 Å². The van der Waals surface area contributed by atoms with Gasteiger partial charge in [-0.3, -0.25) is 0 Å². The molecule has 0 amide bonds. The maximum absolute atomic E-state index is 11.5. The van der Waals surface area contributed by atoms with E-state index >= 15 is 0 Å². The molecule has 0 spiro atoms. The van der Waals surface area contributed by atoms with E-state index in [1.807, 2.05) is 37.6 Å². The maximum Gasteiger partial charge on any atom is 0.144 e. The third-order valence-corrected chi connectivity index (χ3v) is 3.41. The normalized spacial score (nSPS) is 15.0. The molecule has 0 bridgehead atoms. The quantitative estimate of drug-likeness (QED) is 0.697. The van der Waals surface area contributed by atoms with Crippen molar-refractivity contribution in [3.8, 4) is 0 Å². The fourth-order valence-corrected chi connectivity index (χ4v) is 1.76. The van der Waals surface area contributed by atoms with Gasteiger partial charge in [0.2, 0.25) is 0 Å². The van der Waals surface area contributed by atoms with Crippen molar-refractivity contribution in [2.45, 2.75) is 25.5 Å². The summed E-state index contributed by atoms with van der Waals surface area (Å²) in [5.74, 6) is 0. The van der Waals surface area contributed by atoms with Crippen molar-refractivity contribution in [2.75, 3.05) is 0 Å². The van der Waals surface area contributed by atoms with E-state index in [0.717, 1.165) is 5.56 Å². The highest BCUT2D eigenvalue weighted by Crippen LogP contribution is 2.12. The smallest absolute Gasteiger partial charge is 0.144 e. The van der Waals surface area contributed by atoms with Gasteiger partial charge in [-0.1, -0.05) is 0 Å². The number of rotatable bonds is 2. The van der Waals surface area contributed by atoms with Crippen LogP contribution in [0, 0.1) is 0 Å². The van der Waals surface area contributed by atoms with E-state index in [0.29, 0.717) is 0 Å². The first kappa shape index (κ1) is 10.6. The molecule has 0 unspecified atom stereocenters. The van der Waals surface area contributed by atoms with E-state index in [-0.39, 0.29) is 4.75 Å². The maximum atomic E-state index is 11.5. The zero-order valence-electron chi connectivity index (χ0n) is 7.98. The Labute approximate surface area is 85.3 Å². The second-order valence-corrected chi connectivity index (χ2v) is 6.37. The monoisotopic (exact) mass is 215 g/mol. The van der Waals surface area contributed by atoms with Crippen molar-refractivity contribution in [1.29, 1.82) is 0 Å². The summed E-state index contributed by atoms with van der Waals surface area (Å²) < 4.78 is 15.2. The predicted molar refractivity (Wildman–Crippen MR) is 59.8 cm³/mol. The highest BCUT2D eigenvalue weighted by molar-refractivity contribution is 7.85. The summed E-state index contributed by atoms with van der Waals surface area (Å²) in [6, 6.07) is 1.95. The highest BCUT2D eigenvalue weighted by atomic mass is 32.2. The van der Waals surface area contributed by atoms with Crippen LogP contribution in [-0.4, -0.2) is 15.2 Å². The van der Waals surface area contributed by atoms with Crippen molar-refractivity contribution in [1.82, 2.24) is 0 Å². The molecule has 0 saturated heterocycles. The molecular weight excluding hydrogens is 202 g/mol. The molecule has 0 saturated carbocycles. The molecule has 1 heterocycles. The minimum absolute atomic E-state index is 0.271. The summed E-state index contributed by atoms with van der Waals surface area (Å²) in [6.45, 7) is 5.73. The molecule has 0 aliphatic carbocycles. The van der Waals surface area contributed by atoms with Gasteiger partial charge in [-0.15, -0.1) is 0 Å². The lowest BCUT2D eigenvalue weighted by atomic mass is 10.3. The van der Waals surface area contributed by atoms with E-state index in [1.165, 1.54) is 0 Å². The predicted octanol–water partition coefficient (Wildman–Crippen LogP) is 2.63. The van der Waals surface area contributed by atoms with Gasteiger partial charge in [-0.25, -0.2) is 4.21 Å². The van der Waals surface area contributed by atoms with Gasteiger partial charge in [-0.2, -0.15) is 15.7 Å². The van der Waals surface area contributed by atoms with Gasteiger partial charge in [0.1, 0.15) is 11.0 Å². The van der Waals surface area contributed by atoms with Gasteiger partial charge in [0.25, 0.3) is 0 Å². The molecule has 4 heteroatoms. The fraction of sp³-hybridized carbons (Fsp3) is 0.444. The second-order valence-electron chi connectivity index (χ2n) is 3.65. The van der Waals surface area contributed by atoms with Crippen LogP contribution in [0.5, 0.6) is 0 Å². The molecule has 13 heavy (non-hydrogen) atoms. The number of hydrogen-bond acceptors (Lipinski definition) is 2. The fourth-order valence-electron chi connectivity index (χ4n) is 0.615. The van der Waals surface area contributed by atoms with Crippen molar-refractivity contribution in [3.05, 3.63) is 22.4 Å². The van der Waals surface area contributed by atoms with Crippen LogP contribution in [0.4, 0.5) is 0 Å².